The summed E-state index contributed by atoms with van der Waals surface area (Å²) in [6, 6.07) is 1.56. The summed E-state index contributed by atoms with van der Waals surface area (Å²) in [5.74, 6) is 0. The van der Waals surface area contributed by atoms with Gasteiger partial charge in [-0.25, -0.2) is 4.98 Å². The SMILES string of the molecule is Cc1cc(=O)n(CCNCCC(C)(C)C)cn1. The summed E-state index contributed by atoms with van der Waals surface area (Å²) in [5, 5.41) is 3.34. The summed E-state index contributed by atoms with van der Waals surface area (Å²) in [5.41, 5.74) is 1.15. The van der Waals surface area contributed by atoms with Gasteiger partial charge in [-0.05, 0) is 25.3 Å². The van der Waals surface area contributed by atoms with Crippen LogP contribution < -0.4 is 10.9 Å². The maximum atomic E-state index is 11.6. The highest BCUT2D eigenvalue weighted by molar-refractivity contribution is 4.95. The van der Waals surface area contributed by atoms with Crippen molar-refractivity contribution in [1.82, 2.24) is 14.9 Å². The predicted octanol–water partition coefficient (Wildman–Crippen LogP) is 1.58. The molecule has 0 saturated heterocycles. The molecule has 1 rings (SSSR count). The topological polar surface area (TPSA) is 46.9 Å². The Balaban J connectivity index is 2.29. The molecular formula is C13H23N3O. The molecule has 0 unspecified atom stereocenters. The van der Waals surface area contributed by atoms with Gasteiger partial charge in [0.1, 0.15) is 0 Å². The molecule has 0 bridgehead atoms. The maximum absolute atomic E-state index is 11.6. The van der Waals surface area contributed by atoms with E-state index in [1.54, 1.807) is 17.0 Å². The third-order valence-corrected chi connectivity index (χ3v) is 2.60. The summed E-state index contributed by atoms with van der Waals surface area (Å²) < 4.78 is 1.64. The van der Waals surface area contributed by atoms with Gasteiger partial charge in [0.15, 0.2) is 0 Å². The van der Waals surface area contributed by atoms with Crippen molar-refractivity contribution in [1.29, 1.82) is 0 Å². The zero-order valence-electron chi connectivity index (χ0n) is 11.3. The Bertz CT molecular complexity index is 404. The molecule has 0 aliphatic rings. The van der Waals surface area contributed by atoms with Crippen molar-refractivity contribution >= 4 is 0 Å². The summed E-state index contributed by atoms with van der Waals surface area (Å²) in [7, 11) is 0. The molecule has 1 aromatic rings. The van der Waals surface area contributed by atoms with E-state index in [4.69, 9.17) is 0 Å². The van der Waals surface area contributed by atoms with Crippen molar-refractivity contribution in [3.8, 4) is 0 Å². The van der Waals surface area contributed by atoms with Crippen LogP contribution in [0.2, 0.25) is 0 Å². The van der Waals surface area contributed by atoms with E-state index in [-0.39, 0.29) is 5.56 Å². The highest BCUT2D eigenvalue weighted by Crippen LogP contribution is 2.16. The molecule has 0 spiro atoms. The molecule has 0 saturated carbocycles. The first-order valence-corrected chi connectivity index (χ1v) is 6.12. The van der Waals surface area contributed by atoms with Crippen molar-refractivity contribution < 1.29 is 0 Å². The Morgan fingerprint density at radius 2 is 2.06 bits per heavy atom. The van der Waals surface area contributed by atoms with Crippen LogP contribution in [0.3, 0.4) is 0 Å². The first-order chi connectivity index (χ1) is 7.88. The van der Waals surface area contributed by atoms with Crippen LogP contribution in [0.1, 0.15) is 32.9 Å². The van der Waals surface area contributed by atoms with E-state index in [0.717, 1.165) is 25.2 Å². The maximum Gasteiger partial charge on any atom is 0.253 e. The number of rotatable bonds is 5. The Labute approximate surface area is 103 Å². The van der Waals surface area contributed by atoms with E-state index in [1.165, 1.54) is 0 Å². The highest BCUT2D eigenvalue weighted by atomic mass is 16.1. The molecule has 1 N–H and O–H groups in total. The van der Waals surface area contributed by atoms with E-state index < -0.39 is 0 Å². The third-order valence-electron chi connectivity index (χ3n) is 2.60. The lowest BCUT2D eigenvalue weighted by Gasteiger charge is -2.18. The summed E-state index contributed by atoms with van der Waals surface area (Å²) in [6.07, 6.45) is 2.75. The monoisotopic (exact) mass is 237 g/mol. The average Bonchev–Trinajstić information content (AvgIpc) is 2.18. The number of nitrogens with one attached hydrogen (secondary N) is 1. The second-order valence-electron chi connectivity index (χ2n) is 5.62. The predicted molar refractivity (Wildman–Crippen MR) is 70.2 cm³/mol. The largest absolute Gasteiger partial charge is 0.315 e. The van der Waals surface area contributed by atoms with Crippen LogP contribution in [0.25, 0.3) is 0 Å². The van der Waals surface area contributed by atoms with Gasteiger partial charge in [-0.1, -0.05) is 20.8 Å². The number of hydrogen-bond acceptors (Lipinski definition) is 3. The van der Waals surface area contributed by atoms with Crippen LogP contribution in [0, 0.1) is 12.3 Å². The summed E-state index contributed by atoms with van der Waals surface area (Å²) in [6.45, 7) is 11.0. The average molecular weight is 237 g/mol. The molecule has 96 valence electrons. The highest BCUT2D eigenvalue weighted by Gasteiger charge is 2.08. The Morgan fingerprint density at radius 3 is 2.65 bits per heavy atom. The summed E-state index contributed by atoms with van der Waals surface area (Å²) >= 11 is 0. The molecule has 1 aromatic heterocycles. The molecule has 17 heavy (non-hydrogen) atoms. The second-order valence-corrected chi connectivity index (χ2v) is 5.62. The molecule has 0 aliphatic heterocycles. The van der Waals surface area contributed by atoms with Crippen molar-refractivity contribution in [3.63, 3.8) is 0 Å². The first-order valence-electron chi connectivity index (χ1n) is 6.12. The van der Waals surface area contributed by atoms with Crippen LogP contribution in [-0.2, 0) is 6.54 Å². The minimum Gasteiger partial charge on any atom is -0.315 e. The lowest BCUT2D eigenvalue weighted by molar-refractivity contribution is 0.365. The first kappa shape index (κ1) is 13.9. The molecule has 4 nitrogen and oxygen atoms in total. The lowest BCUT2D eigenvalue weighted by atomic mass is 9.92. The van der Waals surface area contributed by atoms with Gasteiger partial charge in [0.2, 0.25) is 0 Å². The molecule has 4 heteroatoms. The van der Waals surface area contributed by atoms with Gasteiger partial charge in [-0.15, -0.1) is 0 Å². The Hall–Kier alpha value is -1.16. The zero-order valence-corrected chi connectivity index (χ0v) is 11.3. The molecule has 0 radical (unpaired) electrons. The van der Waals surface area contributed by atoms with Crippen LogP contribution in [0.15, 0.2) is 17.2 Å². The van der Waals surface area contributed by atoms with Gasteiger partial charge in [-0.2, -0.15) is 0 Å². The molecule has 0 fully saturated rings. The van der Waals surface area contributed by atoms with Crippen LogP contribution in [0.5, 0.6) is 0 Å². The molecular weight excluding hydrogens is 214 g/mol. The van der Waals surface area contributed by atoms with Gasteiger partial charge in [0.05, 0.1) is 6.33 Å². The van der Waals surface area contributed by atoms with E-state index in [0.29, 0.717) is 12.0 Å². The standard InChI is InChI=1S/C13H23N3O/c1-11-9-12(17)16(10-15-11)8-7-14-6-5-13(2,3)4/h9-10,14H,5-8H2,1-4H3. The van der Waals surface area contributed by atoms with Crippen LogP contribution in [0.4, 0.5) is 0 Å². The van der Waals surface area contributed by atoms with Gasteiger partial charge >= 0.3 is 0 Å². The molecule has 0 aliphatic carbocycles. The van der Waals surface area contributed by atoms with Crippen molar-refractivity contribution in [2.24, 2.45) is 5.41 Å². The Kier molecular flexibility index (Phi) is 4.87. The van der Waals surface area contributed by atoms with Gasteiger partial charge in [0, 0.05) is 24.8 Å². The lowest BCUT2D eigenvalue weighted by Crippen LogP contribution is -2.28. The van der Waals surface area contributed by atoms with Gasteiger partial charge in [0.25, 0.3) is 5.56 Å². The van der Waals surface area contributed by atoms with Gasteiger partial charge < -0.3 is 5.32 Å². The number of nitrogens with zero attached hydrogens (tertiary/aromatic N) is 2. The van der Waals surface area contributed by atoms with Crippen molar-refractivity contribution in [3.05, 3.63) is 28.4 Å². The fraction of sp³-hybridized carbons (Fsp3) is 0.692. The molecule has 0 aromatic carbocycles. The number of hydrogen-bond donors (Lipinski definition) is 1. The second kappa shape index (κ2) is 5.96. The molecule has 0 atom stereocenters. The number of aromatic nitrogens is 2. The van der Waals surface area contributed by atoms with Gasteiger partial charge in [-0.3, -0.25) is 9.36 Å². The quantitative estimate of drug-likeness (QED) is 0.791. The minimum atomic E-state index is 0.0233. The third kappa shape index (κ3) is 5.63. The zero-order chi connectivity index (χ0) is 12.9. The number of aryl methyl sites for hydroxylation is 1. The van der Waals surface area contributed by atoms with Crippen LogP contribution >= 0.6 is 0 Å². The Morgan fingerprint density at radius 1 is 1.35 bits per heavy atom. The van der Waals surface area contributed by atoms with E-state index in [1.807, 2.05) is 6.92 Å². The molecule has 1 heterocycles. The molecule has 0 amide bonds. The van der Waals surface area contributed by atoms with E-state index >= 15 is 0 Å². The smallest absolute Gasteiger partial charge is 0.253 e. The fourth-order valence-electron chi connectivity index (χ4n) is 1.47. The van der Waals surface area contributed by atoms with E-state index in [2.05, 4.69) is 31.1 Å². The van der Waals surface area contributed by atoms with Crippen molar-refractivity contribution in [2.75, 3.05) is 13.1 Å². The van der Waals surface area contributed by atoms with Crippen molar-refractivity contribution in [2.45, 2.75) is 40.7 Å². The fourth-order valence-corrected chi connectivity index (χ4v) is 1.47. The van der Waals surface area contributed by atoms with Crippen LogP contribution in [-0.4, -0.2) is 22.6 Å². The normalized spacial score (nSPS) is 11.8. The summed E-state index contributed by atoms with van der Waals surface area (Å²) in [4.78, 5) is 15.7. The van der Waals surface area contributed by atoms with E-state index in [9.17, 15) is 4.79 Å². The minimum absolute atomic E-state index is 0.0233.